The van der Waals surface area contributed by atoms with E-state index in [4.69, 9.17) is 4.74 Å². The van der Waals surface area contributed by atoms with E-state index in [0.29, 0.717) is 6.04 Å². The van der Waals surface area contributed by atoms with Gasteiger partial charge in [0.05, 0.1) is 6.61 Å². The second kappa shape index (κ2) is 10.3. The lowest BCUT2D eigenvalue weighted by atomic mass is 10.1. The van der Waals surface area contributed by atoms with Crippen LogP contribution in [-0.2, 0) is 17.8 Å². The lowest BCUT2D eigenvalue weighted by Crippen LogP contribution is -2.36. The predicted molar refractivity (Wildman–Crippen MR) is 93.6 cm³/mol. The topological polar surface area (TPSA) is 24.5 Å². The van der Waals surface area contributed by atoms with Crippen LogP contribution in [-0.4, -0.2) is 38.3 Å². The number of benzene rings is 1. The van der Waals surface area contributed by atoms with Gasteiger partial charge in [-0.15, -0.1) is 0 Å². The zero-order valence-electron chi connectivity index (χ0n) is 13.8. The van der Waals surface area contributed by atoms with E-state index < -0.39 is 0 Å². The third-order valence-corrected chi connectivity index (χ3v) is 4.65. The minimum absolute atomic E-state index is 0.615. The van der Waals surface area contributed by atoms with E-state index in [2.05, 4.69) is 58.2 Å². The maximum Gasteiger partial charge on any atom is 0.0589 e. The molecule has 0 aliphatic heterocycles. The SMILES string of the molecule is CCC(CC)N(CCOC)Cc1ccc(CNC)cc1Br. The Kier molecular flexibility index (Phi) is 9.16. The first-order valence-corrected chi connectivity index (χ1v) is 8.60. The zero-order valence-corrected chi connectivity index (χ0v) is 15.4. The Bertz CT molecular complexity index is 408. The lowest BCUT2D eigenvalue weighted by molar-refractivity contribution is 0.110. The smallest absolute Gasteiger partial charge is 0.0589 e. The first-order valence-electron chi connectivity index (χ1n) is 7.81. The van der Waals surface area contributed by atoms with Crippen LogP contribution in [0.2, 0.25) is 0 Å². The molecule has 0 atom stereocenters. The minimum atomic E-state index is 0.615. The molecule has 1 rings (SSSR count). The highest BCUT2D eigenvalue weighted by atomic mass is 79.9. The molecule has 0 heterocycles. The second-order valence-electron chi connectivity index (χ2n) is 5.39. The van der Waals surface area contributed by atoms with Crippen molar-refractivity contribution < 1.29 is 4.74 Å². The van der Waals surface area contributed by atoms with Crippen molar-refractivity contribution in [2.24, 2.45) is 0 Å². The molecule has 1 aromatic carbocycles. The van der Waals surface area contributed by atoms with Crippen LogP contribution in [0.3, 0.4) is 0 Å². The summed E-state index contributed by atoms with van der Waals surface area (Å²) in [6.45, 7) is 8.16. The Morgan fingerprint density at radius 3 is 2.52 bits per heavy atom. The molecule has 0 saturated heterocycles. The fraction of sp³-hybridized carbons (Fsp3) is 0.647. The summed E-state index contributed by atoms with van der Waals surface area (Å²) in [5.41, 5.74) is 2.65. The summed E-state index contributed by atoms with van der Waals surface area (Å²) in [5.74, 6) is 0. The molecule has 0 radical (unpaired) electrons. The Labute approximate surface area is 138 Å². The van der Waals surface area contributed by atoms with Gasteiger partial charge in [-0.1, -0.05) is 41.9 Å². The molecule has 0 amide bonds. The van der Waals surface area contributed by atoms with Crippen LogP contribution < -0.4 is 5.32 Å². The number of hydrogen-bond acceptors (Lipinski definition) is 3. The third-order valence-electron chi connectivity index (χ3n) is 3.91. The van der Waals surface area contributed by atoms with Gasteiger partial charge in [0, 0.05) is 37.3 Å². The summed E-state index contributed by atoms with van der Waals surface area (Å²) in [7, 11) is 3.74. The fourth-order valence-corrected chi connectivity index (χ4v) is 3.21. The number of ether oxygens (including phenoxy) is 1. The number of rotatable bonds is 10. The summed E-state index contributed by atoms with van der Waals surface area (Å²) < 4.78 is 6.47. The molecule has 0 aliphatic carbocycles. The first-order chi connectivity index (χ1) is 10.2. The molecule has 0 unspecified atom stereocenters. The van der Waals surface area contributed by atoms with Crippen molar-refractivity contribution in [1.29, 1.82) is 0 Å². The third kappa shape index (κ3) is 6.07. The van der Waals surface area contributed by atoms with E-state index in [1.54, 1.807) is 7.11 Å². The van der Waals surface area contributed by atoms with E-state index in [9.17, 15) is 0 Å². The molecule has 0 bridgehead atoms. The fourth-order valence-electron chi connectivity index (χ4n) is 2.66. The summed E-state index contributed by atoms with van der Waals surface area (Å²) >= 11 is 3.72. The van der Waals surface area contributed by atoms with Gasteiger partial charge in [0.25, 0.3) is 0 Å². The zero-order chi connectivity index (χ0) is 15.7. The average molecular weight is 357 g/mol. The van der Waals surface area contributed by atoms with Gasteiger partial charge in [-0.2, -0.15) is 0 Å². The molecule has 0 spiro atoms. The van der Waals surface area contributed by atoms with Crippen molar-refractivity contribution in [2.45, 2.75) is 45.8 Å². The number of hydrogen-bond donors (Lipinski definition) is 1. The molecule has 1 aromatic rings. The van der Waals surface area contributed by atoms with Crippen molar-refractivity contribution in [3.8, 4) is 0 Å². The number of nitrogens with zero attached hydrogens (tertiary/aromatic N) is 1. The molecule has 0 aromatic heterocycles. The van der Waals surface area contributed by atoms with Crippen LogP contribution in [0.4, 0.5) is 0 Å². The molecule has 21 heavy (non-hydrogen) atoms. The second-order valence-corrected chi connectivity index (χ2v) is 6.24. The average Bonchev–Trinajstić information content (AvgIpc) is 2.48. The monoisotopic (exact) mass is 356 g/mol. The number of nitrogens with one attached hydrogen (secondary N) is 1. The minimum Gasteiger partial charge on any atom is -0.383 e. The quantitative estimate of drug-likeness (QED) is 0.689. The molecule has 120 valence electrons. The molecule has 0 aliphatic rings. The van der Waals surface area contributed by atoms with Crippen molar-refractivity contribution in [3.63, 3.8) is 0 Å². The van der Waals surface area contributed by atoms with E-state index >= 15 is 0 Å². The van der Waals surface area contributed by atoms with Gasteiger partial charge >= 0.3 is 0 Å². The largest absolute Gasteiger partial charge is 0.383 e. The van der Waals surface area contributed by atoms with Crippen LogP contribution in [0, 0.1) is 0 Å². The van der Waals surface area contributed by atoms with E-state index in [1.165, 1.54) is 28.4 Å². The Balaban J connectivity index is 2.81. The predicted octanol–water partition coefficient (Wildman–Crippen LogP) is 3.81. The summed E-state index contributed by atoms with van der Waals surface area (Å²) in [6, 6.07) is 7.27. The van der Waals surface area contributed by atoms with Crippen LogP contribution in [0.15, 0.2) is 22.7 Å². The summed E-state index contributed by atoms with van der Waals surface area (Å²) in [6.07, 6.45) is 2.35. The van der Waals surface area contributed by atoms with Gasteiger partial charge < -0.3 is 10.1 Å². The van der Waals surface area contributed by atoms with Crippen LogP contribution in [0.5, 0.6) is 0 Å². The highest BCUT2D eigenvalue weighted by molar-refractivity contribution is 9.10. The van der Waals surface area contributed by atoms with E-state index in [0.717, 1.165) is 26.2 Å². The first kappa shape index (κ1) is 18.6. The Morgan fingerprint density at radius 2 is 2.00 bits per heavy atom. The maximum absolute atomic E-state index is 5.27. The molecular formula is C17H29BrN2O. The van der Waals surface area contributed by atoms with Crippen LogP contribution >= 0.6 is 15.9 Å². The van der Waals surface area contributed by atoms with Crippen molar-refractivity contribution in [3.05, 3.63) is 33.8 Å². The number of halogens is 1. The maximum atomic E-state index is 5.27. The highest BCUT2D eigenvalue weighted by Gasteiger charge is 2.16. The van der Waals surface area contributed by atoms with Gasteiger partial charge in [0.1, 0.15) is 0 Å². The lowest BCUT2D eigenvalue weighted by Gasteiger charge is -2.30. The normalized spacial score (nSPS) is 11.6. The molecule has 0 fully saturated rings. The van der Waals surface area contributed by atoms with Crippen molar-refractivity contribution in [1.82, 2.24) is 10.2 Å². The van der Waals surface area contributed by atoms with Crippen LogP contribution in [0.1, 0.15) is 37.8 Å². The Hall–Kier alpha value is -0.420. The van der Waals surface area contributed by atoms with Gasteiger partial charge in [0.15, 0.2) is 0 Å². The molecule has 3 nitrogen and oxygen atoms in total. The standard InChI is InChI=1S/C17H29BrN2O/c1-5-16(6-2)20(9-10-21-4)13-15-8-7-14(12-19-3)11-17(15)18/h7-8,11,16,19H,5-6,9-10,12-13H2,1-4H3. The molecule has 0 saturated carbocycles. The van der Waals surface area contributed by atoms with E-state index in [1.807, 2.05) is 7.05 Å². The van der Waals surface area contributed by atoms with Gasteiger partial charge in [-0.05, 0) is 37.1 Å². The van der Waals surface area contributed by atoms with Crippen molar-refractivity contribution in [2.75, 3.05) is 27.3 Å². The van der Waals surface area contributed by atoms with Crippen molar-refractivity contribution >= 4 is 15.9 Å². The van der Waals surface area contributed by atoms with Gasteiger partial charge in [-0.25, -0.2) is 0 Å². The Morgan fingerprint density at radius 1 is 1.29 bits per heavy atom. The van der Waals surface area contributed by atoms with Crippen LogP contribution in [0.25, 0.3) is 0 Å². The molecule has 4 heteroatoms. The highest BCUT2D eigenvalue weighted by Crippen LogP contribution is 2.22. The summed E-state index contributed by atoms with van der Waals surface area (Å²) in [5, 5.41) is 3.19. The van der Waals surface area contributed by atoms with Gasteiger partial charge in [0.2, 0.25) is 0 Å². The molecule has 1 N–H and O–H groups in total. The molecular weight excluding hydrogens is 328 g/mol. The number of methoxy groups -OCH3 is 1. The summed E-state index contributed by atoms with van der Waals surface area (Å²) in [4.78, 5) is 2.53. The van der Waals surface area contributed by atoms with E-state index in [-0.39, 0.29) is 0 Å². The van der Waals surface area contributed by atoms with Gasteiger partial charge in [-0.3, -0.25) is 4.90 Å².